The number of carbonyl (C=O) groups excluding carboxylic acids is 1. The normalized spacial score (nSPS) is 39.8. The van der Waals surface area contributed by atoms with E-state index in [4.69, 9.17) is 4.74 Å². The molecule has 8 heteroatoms. The van der Waals surface area contributed by atoms with Gasteiger partial charge >= 0.3 is 0 Å². The second-order valence-electron chi connectivity index (χ2n) is 6.61. The summed E-state index contributed by atoms with van der Waals surface area (Å²) >= 11 is 0. The number of hydrogen-bond acceptors (Lipinski definition) is 6. The van der Waals surface area contributed by atoms with E-state index in [2.05, 4.69) is 7.05 Å². The SMILES string of the molecule is C[NH+]1CCC[C@H]1c1ccc[n+]([C@H]2O[C@H](C(=O)[O-])[C@@H](O)[C@H](O)[C@H]2O)c1. The zero-order valence-electron chi connectivity index (χ0n) is 13.4. The average Bonchev–Trinajstić information content (AvgIpc) is 2.99. The number of aliphatic carboxylic acids is 1. The van der Waals surface area contributed by atoms with Crippen molar-refractivity contribution < 1.29 is 39.4 Å². The van der Waals surface area contributed by atoms with Crippen LogP contribution in [0.2, 0.25) is 0 Å². The summed E-state index contributed by atoms with van der Waals surface area (Å²) < 4.78 is 6.85. The van der Waals surface area contributed by atoms with Crippen molar-refractivity contribution in [2.45, 2.75) is 49.5 Å². The molecule has 2 fully saturated rings. The van der Waals surface area contributed by atoms with Crippen LogP contribution in [0.5, 0.6) is 0 Å². The molecule has 2 saturated heterocycles. The predicted molar refractivity (Wildman–Crippen MR) is 77.3 cm³/mol. The molecule has 0 spiro atoms. The summed E-state index contributed by atoms with van der Waals surface area (Å²) in [5, 5.41) is 41.0. The molecule has 0 aromatic carbocycles. The second-order valence-corrected chi connectivity index (χ2v) is 6.61. The predicted octanol–water partition coefficient (Wildman–Crippen LogP) is -3.95. The number of carbonyl (C=O) groups is 1. The Labute approximate surface area is 139 Å². The number of aliphatic hydroxyl groups is 3. The first-order valence-corrected chi connectivity index (χ1v) is 8.13. The number of rotatable bonds is 3. The van der Waals surface area contributed by atoms with Crippen molar-refractivity contribution in [3.05, 3.63) is 30.1 Å². The number of ether oxygens (including phenoxy) is 1. The van der Waals surface area contributed by atoms with E-state index in [9.17, 15) is 25.2 Å². The van der Waals surface area contributed by atoms with E-state index >= 15 is 0 Å². The van der Waals surface area contributed by atoms with Gasteiger partial charge in [0.05, 0.1) is 25.1 Å². The number of carboxylic acid groups (broad SMARTS) is 1. The van der Waals surface area contributed by atoms with Crippen LogP contribution in [0.4, 0.5) is 0 Å². The van der Waals surface area contributed by atoms with Gasteiger partial charge in [0.15, 0.2) is 18.5 Å². The highest BCUT2D eigenvalue weighted by Crippen LogP contribution is 2.25. The van der Waals surface area contributed by atoms with Crippen molar-refractivity contribution in [2.24, 2.45) is 0 Å². The first kappa shape index (κ1) is 17.2. The molecule has 0 aliphatic carbocycles. The summed E-state index contributed by atoms with van der Waals surface area (Å²) in [5.74, 6) is -1.63. The van der Waals surface area contributed by atoms with Gasteiger partial charge in [0.25, 0.3) is 6.23 Å². The Bertz CT molecular complexity index is 612. The van der Waals surface area contributed by atoms with Crippen LogP contribution in [0, 0.1) is 0 Å². The molecule has 0 bridgehead atoms. The molecule has 0 saturated carbocycles. The Morgan fingerprint density at radius 3 is 2.71 bits per heavy atom. The quantitative estimate of drug-likeness (QED) is 0.418. The fourth-order valence-corrected chi connectivity index (χ4v) is 3.64. The highest BCUT2D eigenvalue weighted by atomic mass is 16.6. The van der Waals surface area contributed by atoms with Gasteiger partial charge in [-0.3, -0.25) is 0 Å². The molecule has 0 amide bonds. The third-order valence-electron chi connectivity index (χ3n) is 5.02. The summed E-state index contributed by atoms with van der Waals surface area (Å²) in [6.45, 7) is 1.08. The number of nitrogens with one attached hydrogen (secondary N) is 1. The van der Waals surface area contributed by atoms with Gasteiger partial charge in [-0.2, -0.15) is 4.57 Å². The van der Waals surface area contributed by atoms with E-state index in [1.165, 1.54) is 9.47 Å². The molecule has 132 valence electrons. The first-order valence-electron chi connectivity index (χ1n) is 8.13. The van der Waals surface area contributed by atoms with Crippen molar-refractivity contribution in [1.82, 2.24) is 0 Å². The Morgan fingerprint density at radius 1 is 1.33 bits per heavy atom. The number of likely N-dealkylation sites (tertiary alicyclic amines) is 1. The van der Waals surface area contributed by atoms with Gasteiger partial charge in [-0.1, -0.05) is 0 Å². The van der Waals surface area contributed by atoms with Crippen LogP contribution >= 0.6 is 0 Å². The van der Waals surface area contributed by atoms with Crippen molar-refractivity contribution >= 4 is 5.97 Å². The van der Waals surface area contributed by atoms with E-state index in [0.29, 0.717) is 6.04 Å². The molecule has 0 radical (unpaired) electrons. The standard InChI is InChI=1S/C16H22N2O6/c1-17-6-3-5-10(17)9-4-2-7-18(8-9)15-13(21)11(19)12(20)14(24-15)16(22)23/h2,4,7-8,10-15,19-21H,3,5-6H2,1H3/p+1/t10-,11-,12-,13+,14-,15-/m0/s1. The minimum atomic E-state index is -1.74. The van der Waals surface area contributed by atoms with Crippen LogP contribution in [0.25, 0.3) is 0 Å². The third kappa shape index (κ3) is 3.03. The molecular formula is C16H23N2O6+. The molecule has 8 nitrogen and oxygen atoms in total. The Balaban J connectivity index is 1.88. The van der Waals surface area contributed by atoms with Crippen LogP contribution in [-0.4, -0.2) is 59.3 Å². The Hall–Kier alpha value is -1.58. The van der Waals surface area contributed by atoms with Crippen LogP contribution < -0.4 is 14.6 Å². The Morgan fingerprint density at radius 2 is 2.08 bits per heavy atom. The molecular weight excluding hydrogens is 316 g/mol. The smallest absolute Gasteiger partial charge is 0.292 e. The summed E-state index contributed by atoms with van der Waals surface area (Å²) in [6.07, 6.45) is -2.04. The number of aliphatic hydroxyl groups excluding tert-OH is 3. The maximum Gasteiger partial charge on any atom is 0.292 e. The van der Waals surface area contributed by atoms with E-state index in [1.807, 2.05) is 6.07 Å². The maximum absolute atomic E-state index is 11.1. The number of hydrogen-bond donors (Lipinski definition) is 4. The highest BCUT2D eigenvalue weighted by molar-refractivity contribution is 5.71. The average molecular weight is 339 g/mol. The zero-order chi connectivity index (χ0) is 17.4. The van der Waals surface area contributed by atoms with Gasteiger partial charge in [-0.05, 0) is 6.07 Å². The van der Waals surface area contributed by atoms with Crippen molar-refractivity contribution in [3.63, 3.8) is 0 Å². The molecule has 24 heavy (non-hydrogen) atoms. The van der Waals surface area contributed by atoms with Gasteiger partial charge in [-0.15, -0.1) is 0 Å². The van der Waals surface area contributed by atoms with E-state index in [0.717, 1.165) is 24.9 Å². The monoisotopic (exact) mass is 339 g/mol. The van der Waals surface area contributed by atoms with Gasteiger partial charge in [-0.25, -0.2) is 0 Å². The van der Waals surface area contributed by atoms with Gasteiger partial charge in [0.2, 0.25) is 0 Å². The largest absolute Gasteiger partial charge is 0.547 e. The topological polar surface area (TPSA) is 118 Å². The summed E-state index contributed by atoms with van der Waals surface area (Å²) in [5.41, 5.74) is 1.05. The lowest BCUT2D eigenvalue weighted by Crippen LogP contribution is -3.07. The molecule has 7 atom stereocenters. The lowest BCUT2D eigenvalue weighted by atomic mass is 9.97. The number of carboxylic acids is 1. The molecule has 3 rings (SSSR count). The molecule has 1 unspecified atom stereocenters. The minimum absolute atomic E-state index is 0.325. The van der Waals surface area contributed by atoms with Gasteiger partial charge < -0.3 is 34.9 Å². The fourth-order valence-electron chi connectivity index (χ4n) is 3.64. The number of aromatic nitrogens is 1. The molecule has 1 aromatic rings. The number of nitrogens with zero attached hydrogens (tertiary/aromatic N) is 1. The fraction of sp³-hybridized carbons (Fsp3) is 0.625. The number of quaternary nitrogens is 1. The summed E-state index contributed by atoms with van der Waals surface area (Å²) in [7, 11) is 2.12. The molecule has 3 heterocycles. The molecule has 2 aliphatic rings. The maximum atomic E-state index is 11.1. The summed E-state index contributed by atoms with van der Waals surface area (Å²) in [6, 6.07) is 4.10. The first-order chi connectivity index (χ1) is 11.4. The van der Waals surface area contributed by atoms with Crippen molar-refractivity contribution in [1.29, 1.82) is 0 Å². The van der Waals surface area contributed by atoms with Crippen molar-refractivity contribution in [3.8, 4) is 0 Å². The Kier molecular flexibility index (Phi) is 4.84. The summed E-state index contributed by atoms with van der Waals surface area (Å²) in [4.78, 5) is 12.5. The molecule has 1 aromatic heterocycles. The van der Waals surface area contributed by atoms with Crippen LogP contribution in [0.15, 0.2) is 24.5 Å². The van der Waals surface area contributed by atoms with Crippen LogP contribution in [-0.2, 0) is 9.53 Å². The van der Waals surface area contributed by atoms with E-state index < -0.39 is 36.6 Å². The van der Waals surface area contributed by atoms with Crippen LogP contribution in [0.3, 0.4) is 0 Å². The van der Waals surface area contributed by atoms with Crippen LogP contribution in [0.1, 0.15) is 30.7 Å². The minimum Gasteiger partial charge on any atom is -0.547 e. The highest BCUT2D eigenvalue weighted by Gasteiger charge is 2.49. The van der Waals surface area contributed by atoms with E-state index in [1.54, 1.807) is 18.5 Å². The lowest BCUT2D eigenvalue weighted by Gasteiger charge is -2.37. The number of pyridine rings is 1. The van der Waals surface area contributed by atoms with Crippen molar-refractivity contribution in [2.75, 3.05) is 13.6 Å². The van der Waals surface area contributed by atoms with Gasteiger partial charge in [0, 0.05) is 18.9 Å². The molecule has 4 N–H and O–H groups in total. The second kappa shape index (κ2) is 6.73. The van der Waals surface area contributed by atoms with E-state index in [-0.39, 0.29) is 0 Å². The zero-order valence-corrected chi connectivity index (χ0v) is 13.4. The van der Waals surface area contributed by atoms with Gasteiger partial charge in [0.1, 0.15) is 24.4 Å². The third-order valence-corrected chi connectivity index (χ3v) is 5.02. The lowest BCUT2D eigenvalue weighted by molar-refractivity contribution is -0.899. The molecule has 2 aliphatic heterocycles.